The summed E-state index contributed by atoms with van der Waals surface area (Å²) < 4.78 is 5.84. The summed E-state index contributed by atoms with van der Waals surface area (Å²) in [7, 11) is 0. The Balaban J connectivity index is 1.70. The van der Waals surface area contributed by atoms with Crippen LogP contribution in [0.2, 0.25) is 0 Å². The zero-order valence-electron chi connectivity index (χ0n) is 13.9. The second-order valence-corrected chi connectivity index (χ2v) is 6.97. The van der Waals surface area contributed by atoms with Crippen LogP contribution in [0.4, 0.5) is 0 Å². The molecule has 0 aliphatic carbocycles. The van der Waals surface area contributed by atoms with Crippen LogP contribution in [0.25, 0.3) is 0 Å². The predicted octanol–water partition coefficient (Wildman–Crippen LogP) is 2.61. The monoisotopic (exact) mass is 360 g/mol. The Kier molecular flexibility index (Phi) is 5.35. The molecule has 1 aromatic carbocycles. The van der Waals surface area contributed by atoms with E-state index in [1.165, 1.54) is 11.3 Å². The molecule has 0 fully saturated rings. The van der Waals surface area contributed by atoms with Gasteiger partial charge in [-0.25, -0.2) is 5.48 Å². The summed E-state index contributed by atoms with van der Waals surface area (Å²) in [6.07, 6.45) is 0.752. The number of hydrogen-bond acceptors (Lipinski definition) is 5. The van der Waals surface area contributed by atoms with Gasteiger partial charge in [-0.3, -0.25) is 14.8 Å². The predicted molar refractivity (Wildman–Crippen MR) is 93.8 cm³/mol. The molecule has 1 aliphatic rings. The third kappa shape index (κ3) is 3.83. The molecule has 0 spiro atoms. The van der Waals surface area contributed by atoms with E-state index in [4.69, 9.17) is 9.94 Å². The number of carbonyl (C=O) groups excluding carboxylic acids is 2. The SMILES string of the molecule is CCC(Oc1ccccc1)C(=O)N1CCc2cc(C(=O)NO)sc2C1. The fourth-order valence-electron chi connectivity index (χ4n) is 2.85. The number of fused-ring (bicyclic) bond motifs is 1. The Morgan fingerprint density at radius 3 is 2.80 bits per heavy atom. The number of hydroxylamine groups is 1. The summed E-state index contributed by atoms with van der Waals surface area (Å²) in [6, 6.07) is 11.1. The molecule has 1 aromatic heterocycles. The molecular formula is C18H20N2O4S. The fraction of sp³-hybridized carbons (Fsp3) is 0.333. The molecule has 6 nitrogen and oxygen atoms in total. The van der Waals surface area contributed by atoms with Gasteiger partial charge in [0.1, 0.15) is 5.75 Å². The van der Waals surface area contributed by atoms with Crippen molar-refractivity contribution in [1.29, 1.82) is 0 Å². The van der Waals surface area contributed by atoms with Crippen LogP contribution in [0.15, 0.2) is 36.4 Å². The summed E-state index contributed by atoms with van der Waals surface area (Å²) in [4.78, 5) is 27.6. The summed E-state index contributed by atoms with van der Waals surface area (Å²) >= 11 is 1.31. The van der Waals surface area contributed by atoms with E-state index in [0.29, 0.717) is 36.6 Å². The lowest BCUT2D eigenvalue weighted by molar-refractivity contribution is -0.139. The molecule has 2 N–H and O–H groups in total. The molecule has 0 radical (unpaired) electrons. The zero-order valence-corrected chi connectivity index (χ0v) is 14.7. The first kappa shape index (κ1) is 17.4. The highest BCUT2D eigenvalue weighted by molar-refractivity contribution is 7.14. The van der Waals surface area contributed by atoms with Gasteiger partial charge in [-0.1, -0.05) is 25.1 Å². The van der Waals surface area contributed by atoms with Crippen LogP contribution >= 0.6 is 11.3 Å². The van der Waals surface area contributed by atoms with E-state index < -0.39 is 12.0 Å². The lowest BCUT2D eigenvalue weighted by Crippen LogP contribution is -2.43. The third-order valence-electron chi connectivity index (χ3n) is 4.19. The molecule has 1 atom stereocenters. The number of thiophene rings is 1. The molecule has 2 heterocycles. The smallest absolute Gasteiger partial charge is 0.284 e. The first-order valence-electron chi connectivity index (χ1n) is 8.19. The standard InChI is InChI=1S/C18H20N2O4S/c1-2-14(24-13-6-4-3-5-7-13)18(22)20-9-8-12-10-15(17(21)19-23)25-16(12)11-20/h3-7,10,14,23H,2,8-9,11H2,1H3,(H,19,21). The van der Waals surface area contributed by atoms with Crippen LogP contribution in [0.1, 0.15) is 33.5 Å². The number of amides is 2. The van der Waals surface area contributed by atoms with Crippen LogP contribution in [0.5, 0.6) is 5.75 Å². The summed E-state index contributed by atoms with van der Waals surface area (Å²) in [5, 5.41) is 8.76. The minimum absolute atomic E-state index is 0.0430. The molecule has 0 saturated carbocycles. The molecule has 25 heavy (non-hydrogen) atoms. The van der Waals surface area contributed by atoms with Crippen molar-refractivity contribution in [2.24, 2.45) is 0 Å². The molecular weight excluding hydrogens is 340 g/mol. The van der Waals surface area contributed by atoms with Gasteiger partial charge in [0.15, 0.2) is 6.10 Å². The highest BCUT2D eigenvalue weighted by atomic mass is 32.1. The van der Waals surface area contributed by atoms with Crippen LogP contribution in [0, 0.1) is 0 Å². The molecule has 1 aliphatic heterocycles. The maximum Gasteiger partial charge on any atom is 0.284 e. The Morgan fingerprint density at radius 2 is 2.12 bits per heavy atom. The van der Waals surface area contributed by atoms with E-state index in [-0.39, 0.29) is 5.91 Å². The average molecular weight is 360 g/mol. The maximum absolute atomic E-state index is 12.8. The van der Waals surface area contributed by atoms with Gasteiger partial charge in [0.2, 0.25) is 0 Å². The molecule has 132 valence electrons. The topological polar surface area (TPSA) is 78.9 Å². The zero-order chi connectivity index (χ0) is 17.8. The van der Waals surface area contributed by atoms with Crippen molar-refractivity contribution >= 4 is 23.2 Å². The number of para-hydroxylation sites is 1. The van der Waals surface area contributed by atoms with Crippen LogP contribution in [-0.2, 0) is 17.8 Å². The first-order valence-corrected chi connectivity index (χ1v) is 9.00. The van der Waals surface area contributed by atoms with E-state index in [9.17, 15) is 9.59 Å². The van der Waals surface area contributed by atoms with Gasteiger partial charge in [-0.15, -0.1) is 11.3 Å². The van der Waals surface area contributed by atoms with Gasteiger partial charge in [-0.2, -0.15) is 0 Å². The number of hydrogen-bond donors (Lipinski definition) is 2. The normalized spacial score (nSPS) is 14.6. The highest BCUT2D eigenvalue weighted by Crippen LogP contribution is 2.29. The minimum atomic E-state index is -0.524. The number of nitrogens with one attached hydrogen (secondary N) is 1. The van der Waals surface area contributed by atoms with Crippen LogP contribution < -0.4 is 10.2 Å². The molecule has 0 saturated heterocycles. The average Bonchev–Trinajstić information content (AvgIpc) is 3.09. The maximum atomic E-state index is 12.8. The highest BCUT2D eigenvalue weighted by Gasteiger charge is 2.29. The number of rotatable bonds is 5. The summed E-state index contributed by atoms with van der Waals surface area (Å²) in [5.74, 6) is 0.119. The van der Waals surface area contributed by atoms with E-state index in [0.717, 1.165) is 10.4 Å². The Bertz CT molecular complexity index is 760. The van der Waals surface area contributed by atoms with Crippen molar-refractivity contribution < 1.29 is 19.5 Å². The number of ether oxygens (including phenoxy) is 1. The van der Waals surface area contributed by atoms with Crippen molar-refractivity contribution in [1.82, 2.24) is 10.4 Å². The van der Waals surface area contributed by atoms with E-state index in [1.807, 2.05) is 37.3 Å². The molecule has 0 bridgehead atoms. The van der Waals surface area contributed by atoms with Crippen LogP contribution in [-0.4, -0.2) is 34.6 Å². The quantitative estimate of drug-likeness (QED) is 0.635. The van der Waals surface area contributed by atoms with Gasteiger partial charge in [0, 0.05) is 11.4 Å². The minimum Gasteiger partial charge on any atom is -0.481 e. The van der Waals surface area contributed by atoms with Crippen molar-refractivity contribution in [3.63, 3.8) is 0 Å². The van der Waals surface area contributed by atoms with Crippen LogP contribution in [0.3, 0.4) is 0 Å². The van der Waals surface area contributed by atoms with Gasteiger partial charge >= 0.3 is 0 Å². The van der Waals surface area contributed by atoms with Gasteiger partial charge in [0.25, 0.3) is 11.8 Å². The number of nitrogens with zero attached hydrogens (tertiary/aromatic N) is 1. The lowest BCUT2D eigenvalue weighted by atomic mass is 10.1. The fourth-order valence-corrected chi connectivity index (χ4v) is 3.97. The first-order chi connectivity index (χ1) is 12.1. The van der Waals surface area contributed by atoms with Gasteiger partial charge < -0.3 is 9.64 Å². The Labute approximate surface area is 150 Å². The lowest BCUT2D eigenvalue weighted by Gasteiger charge is -2.30. The van der Waals surface area contributed by atoms with Gasteiger partial charge in [0.05, 0.1) is 11.4 Å². The molecule has 3 rings (SSSR count). The Morgan fingerprint density at radius 1 is 1.36 bits per heavy atom. The second-order valence-electron chi connectivity index (χ2n) is 5.84. The molecule has 2 amide bonds. The largest absolute Gasteiger partial charge is 0.481 e. The van der Waals surface area contributed by atoms with Crippen molar-refractivity contribution in [3.8, 4) is 5.75 Å². The number of benzene rings is 1. The number of carbonyl (C=O) groups is 2. The summed E-state index contributed by atoms with van der Waals surface area (Å²) in [6.45, 7) is 2.99. The van der Waals surface area contributed by atoms with Crippen molar-refractivity contribution in [2.45, 2.75) is 32.4 Å². The molecule has 1 unspecified atom stereocenters. The Hall–Kier alpha value is -2.38. The van der Waals surface area contributed by atoms with Crippen molar-refractivity contribution in [3.05, 3.63) is 51.7 Å². The second kappa shape index (κ2) is 7.67. The van der Waals surface area contributed by atoms with E-state index in [2.05, 4.69) is 0 Å². The van der Waals surface area contributed by atoms with E-state index >= 15 is 0 Å². The third-order valence-corrected chi connectivity index (χ3v) is 5.35. The molecule has 2 aromatic rings. The van der Waals surface area contributed by atoms with E-state index in [1.54, 1.807) is 16.4 Å². The summed E-state index contributed by atoms with van der Waals surface area (Å²) in [5.41, 5.74) is 2.71. The van der Waals surface area contributed by atoms with Gasteiger partial charge in [-0.05, 0) is 36.6 Å². The van der Waals surface area contributed by atoms with Crippen molar-refractivity contribution in [2.75, 3.05) is 6.54 Å². The molecule has 7 heteroatoms.